The molecular weight excluding hydrogens is 217 g/mol. The molecular formula is C13H14FN3. The van der Waals surface area contributed by atoms with Crippen molar-refractivity contribution in [1.82, 2.24) is 9.97 Å². The van der Waals surface area contributed by atoms with Crippen LogP contribution < -0.4 is 5.73 Å². The zero-order valence-corrected chi connectivity index (χ0v) is 9.65. The summed E-state index contributed by atoms with van der Waals surface area (Å²) in [5.74, 6) is 0.349. The Morgan fingerprint density at radius 1 is 1.24 bits per heavy atom. The van der Waals surface area contributed by atoms with Gasteiger partial charge in [-0.3, -0.25) is 0 Å². The molecule has 0 bridgehead atoms. The molecule has 0 aliphatic heterocycles. The number of hydrogen-bond donors (Lipinski definition) is 1. The van der Waals surface area contributed by atoms with Crippen molar-refractivity contribution in [2.24, 2.45) is 5.73 Å². The van der Waals surface area contributed by atoms with Gasteiger partial charge in [0.15, 0.2) is 5.82 Å². The van der Waals surface area contributed by atoms with Gasteiger partial charge >= 0.3 is 0 Å². The first-order chi connectivity index (χ1) is 8.24. The standard InChI is InChI=1S/C13H14FN3/c1-2-12-10(7-15)8-16-13(17-12)9-3-5-11(14)6-4-9/h3-6,8H,2,7,15H2,1H3. The molecule has 1 aromatic heterocycles. The second-order valence-corrected chi connectivity index (χ2v) is 3.73. The topological polar surface area (TPSA) is 51.8 Å². The van der Waals surface area contributed by atoms with Crippen LogP contribution in [-0.2, 0) is 13.0 Å². The molecule has 17 heavy (non-hydrogen) atoms. The summed E-state index contributed by atoms with van der Waals surface area (Å²) in [7, 11) is 0. The molecule has 1 aromatic carbocycles. The second kappa shape index (κ2) is 5.01. The minimum Gasteiger partial charge on any atom is -0.326 e. The van der Waals surface area contributed by atoms with Crippen LogP contribution in [-0.4, -0.2) is 9.97 Å². The van der Waals surface area contributed by atoms with Crippen LogP contribution in [0.4, 0.5) is 4.39 Å². The van der Waals surface area contributed by atoms with Crippen LogP contribution in [0.5, 0.6) is 0 Å². The molecule has 0 fully saturated rings. The Labute approximate surface area is 99.5 Å². The van der Waals surface area contributed by atoms with Gasteiger partial charge in [-0.15, -0.1) is 0 Å². The Morgan fingerprint density at radius 3 is 2.53 bits per heavy atom. The molecule has 88 valence electrons. The number of rotatable bonds is 3. The van der Waals surface area contributed by atoms with Crippen LogP contribution in [0.25, 0.3) is 11.4 Å². The first-order valence-corrected chi connectivity index (χ1v) is 5.55. The highest BCUT2D eigenvalue weighted by atomic mass is 19.1. The molecule has 0 atom stereocenters. The minimum atomic E-state index is -0.261. The average molecular weight is 231 g/mol. The molecule has 2 aromatic rings. The molecule has 0 saturated heterocycles. The van der Waals surface area contributed by atoms with Crippen molar-refractivity contribution in [3.05, 3.63) is 47.5 Å². The van der Waals surface area contributed by atoms with Crippen LogP contribution in [0.15, 0.2) is 30.5 Å². The molecule has 3 nitrogen and oxygen atoms in total. The predicted molar refractivity (Wildman–Crippen MR) is 64.7 cm³/mol. The van der Waals surface area contributed by atoms with E-state index in [-0.39, 0.29) is 5.82 Å². The molecule has 0 unspecified atom stereocenters. The first-order valence-electron chi connectivity index (χ1n) is 5.55. The maximum atomic E-state index is 12.8. The van der Waals surface area contributed by atoms with Crippen molar-refractivity contribution in [2.45, 2.75) is 19.9 Å². The van der Waals surface area contributed by atoms with E-state index in [2.05, 4.69) is 9.97 Å². The third kappa shape index (κ3) is 2.47. The van der Waals surface area contributed by atoms with E-state index in [1.165, 1.54) is 12.1 Å². The summed E-state index contributed by atoms with van der Waals surface area (Å²) in [5, 5.41) is 0. The minimum absolute atomic E-state index is 0.261. The van der Waals surface area contributed by atoms with Gasteiger partial charge in [0, 0.05) is 29.6 Å². The number of nitrogens with zero attached hydrogens (tertiary/aromatic N) is 2. The Bertz CT molecular complexity index is 509. The van der Waals surface area contributed by atoms with Crippen LogP contribution in [0, 0.1) is 5.82 Å². The lowest BCUT2D eigenvalue weighted by Crippen LogP contribution is -2.05. The van der Waals surface area contributed by atoms with Crippen molar-refractivity contribution < 1.29 is 4.39 Å². The van der Waals surface area contributed by atoms with E-state index >= 15 is 0 Å². The van der Waals surface area contributed by atoms with Gasteiger partial charge in [0.2, 0.25) is 0 Å². The number of halogens is 1. The molecule has 0 saturated carbocycles. The molecule has 2 N–H and O–H groups in total. The van der Waals surface area contributed by atoms with Crippen LogP contribution >= 0.6 is 0 Å². The van der Waals surface area contributed by atoms with Crippen molar-refractivity contribution in [1.29, 1.82) is 0 Å². The van der Waals surface area contributed by atoms with E-state index in [9.17, 15) is 4.39 Å². The van der Waals surface area contributed by atoms with E-state index in [1.807, 2.05) is 6.92 Å². The van der Waals surface area contributed by atoms with Crippen LogP contribution in [0.3, 0.4) is 0 Å². The lowest BCUT2D eigenvalue weighted by Gasteiger charge is -2.06. The zero-order valence-electron chi connectivity index (χ0n) is 9.65. The van der Waals surface area contributed by atoms with Crippen molar-refractivity contribution in [3.8, 4) is 11.4 Å². The van der Waals surface area contributed by atoms with Gasteiger partial charge in [-0.25, -0.2) is 14.4 Å². The molecule has 0 spiro atoms. The molecule has 4 heteroatoms. The third-order valence-electron chi connectivity index (χ3n) is 2.61. The Balaban J connectivity index is 2.42. The monoisotopic (exact) mass is 231 g/mol. The van der Waals surface area contributed by atoms with E-state index in [0.717, 1.165) is 23.2 Å². The van der Waals surface area contributed by atoms with Gasteiger partial charge in [0.25, 0.3) is 0 Å². The van der Waals surface area contributed by atoms with Crippen molar-refractivity contribution in [2.75, 3.05) is 0 Å². The number of nitrogens with two attached hydrogens (primary N) is 1. The lowest BCUT2D eigenvalue weighted by atomic mass is 10.1. The van der Waals surface area contributed by atoms with Gasteiger partial charge in [0.05, 0.1) is 0 Å². The van der Waals surface area contributed by atoms with E-state index in [1.54, 1.807) is 18.3 Å². The van der Waals surface area contributed by atoms with Crippen molar-refractivity contribution >= 4 is 0 Å². The molecule has 0 aliphatic carbocycles. The highest BCUT2D eigenvalue weighted by Gasteiger charge is 2.06. The summed E-state index contributed by atoms with van der Waals surface area (Å²) < 4.78 is 12.8. The maximum absolute atomic E-state index is 12.8. The molecule has 0 aliphatic rings. The molecule has 0 amide bonds. The Kier molecular flexibility index (Phi) is 3.44. The fourth-order valence-electron chi connectivity index (χ4n) is 1.66. The predicted octanol–water partition coefficient (Wildman–Crippen LogP) is 2.30. The summed E-state index contributed by atoms with van der Waals surface area (Å²) in [6, 6.07) is 6.15. The first kappa shape index (κ1) is 11.7. The van der Waals surface area contributed by atoms with E-state index < -0.39 is 0 Å². The van der Waals surface area contributed by atoms with Crippen molar-refractivity contribution in [3.63, 3.8) is 0 Å². The van der Waals surface area contributed by atoms with E-state index in [0.29, 0.717) is 12.4 Å². The summed E-state index contributed by atoms with van der Waals surface area (Å²) >= 11 is 0. The van der Waals surface area contributed by atoms with Crippen LogP contribution in [0.2, 0.25) is 0 Å². The van der Waals surface area contributed by atoms with Gasteiger partial charge in [-0.05, 0) is 30.7 Å². The van der Waals surface area contributed by atoms with Gasteiger partial charge in [0.1, 0.15) is 5.82 Å². The zero-order chi connectivity index (χ0) is 12.3. The fourth-order valence-corrected chi connectivity index (χ4v) is 1.66. The third-order valence-corrected chi connectivity index (χ3v) is 2.61. The molecule has 1 heterocycles. The number of benzene rings is 1. The maximum Gasteiger partial charge on any atom is 0.159 e. The van der Waals surface area contributed by atoms with Gasteiger partial charge < -0.3 is 5.73 Å². The average Bonchev–Trinajstić information content (AvgIpc) is 2.39. The normalized spacial score (nSPS) is 10.5. The molecule has 2 rings (SSSR count). The second-order valence-electron chi connectivity index (χ2n) is 3.73. The summed E-state index contributed by atoms with van der Waals surface area (Å²) in [5.41, 5.74) is 8.32. The highest BCUT2D eigenvalue weighted by molar-refractivity contribution is 5.54. The summed E-state index contributed by atoms with van der Waals surface area (Å²) in [6.07, 6.45) is 2.55. The number of hydrogen-bond acceptors (Lipinski definition) is 3. The summed E-state index contributed by atoms with van der Waals surface area (Å²) in [4.78, 5) is 8.69. The summed E-state index contributed by atoms with van der Waals surface area (Å²) in [6.45, 7) is 2.46. The highest BCUT2D eigenvalue weighted by Crippen LogP contribution is 2.17. The van der Waals surface area contributed by atoms with Gasteiger partial charge in [-0.1, -0.05) is 6.92 Å². The number of aryl methyl sites for hydroxylation is 1. The van der Waals surface area contributed by atoms with Gasteiger partial charge in [-0.2, -0.15) is 0 Å². The lowest BCUT2D eigenvalue weighted by molar-refractivity contribution is 0.628. The molecule has 0 radical (unpaired) electrons. The van der Waals surface area contributed by atoms with Crippen LogP contribution in [0.1, 0.15) is 18.2 Å². The van der Waals surface area contributed by atoms with E-state index in [4.69, 9.17) is 5.73 Å². The number of aromatic nitrogens is 2. The Hall–Kier alpha value is -1.81. The smallest absolute Gasteiger partial charge is 0.159 e. The fraction of sp³-hybridized carbons (Fsp3) is 0.231. The Morgan fingerprint density at radius 2 is 1.94 bits per heavy atom. The quantitative estimate of drug-likeness (QED) is 0.881. The SMILES string of the molecule is CCc1nc(-c2ccc(F)cc2)ncc1CN. The largest absolute Gasteiger partial charge is 0.326 e.